The predicted molar refractivity (Wildman–Crippen MR) is 86.4 cm³/mol. The third-order valence-electron chi connectivity index (χ3n) is 2.77. The van der Waals surface area contributed by atoms with Crippen LogP contribution < -0.4 is 5.32 Å². The first kappa shape index (κ1) is 13.3. The number of thiazole rings is 1. The van der Waals surface area contributed by atoms with E-state index in [1.807, 2.05) is 18.2 Å². The molecule has 3 nitrogen and oxygen atoms in total. The standard InChI is InChI=1S/C14H9ClN2OS2/c15-9-3-1-2-8(6-9)13(18)16-10-4-5-11-12(7-10)20-14(19)17-11/h1-7H,(H,16,18)(H,17,19). The summed E-state index contributed by atoms with van der Waals surface area (Å²) in [5.41, 5.74) is 2.23. The molecule has 0 radical (unpaired) electrons. The van der Waals surface area contributed by atoms with Crippen molar-refractivity contribution in [2.45, 2.75) is 0 Å². The molecule has 0 atom stereocenters. The summed E-state index contributed by atoms with van der Waals surface area (Å²) in [4.78, 5) is 15.2. The highest BCUT2D eigenvalue weighted by atomic mass is 35.5. The highest BCUT2D eigenvalue weighted by molar-refractivity contribution is 7.73. The van der Waals surface area contributed by atoms with Crippen LogP contribution >= 0.6 is 35.2 Å². The van der Waals surface area contributed by atoms with E-state index in [1.54, 1.807) is 24.3 Å². The summed E-state index contributed by atoms with van der Waals surface area (Å²) < 4.78 is 1.73. The quantitative estimate of drug-likeness (QED) is 0.662. The second kappa shape index (κ2) is 5.36. The molecule has 0 unspecified atom stereocenters. The van der Waals surface area contributed by atoms with Gasteiger partial charge in [0.15, 0.2) is 3.95 Å². The number of halogens is 1. The summed E-state index contributed by atoms with van der Waals surface area (Å²) in [6, 6.07) is 12.5. The van der Waals surface area contributed by atoms with E-state index >= 15 is 0 Å². The molecule has 1 heterocycles. The van der Waals surface area contributed by atoms with E-state index in [2.05, 4.69) is 10.3 Å². The molecule has 1 amide bonds. The summed E-state index contributed by atoms with van der Waals surface area (Å²) in [6.07, 6.45) is 0. The van der Waals surface area contributed by atoms with Gasteiger partial charge in [-0.3, -0.25) is 4.79 Å². The van der Waals surface area contributed by atoms with Gasteiger partial charge in [-0.1, -0.05) is 17.7 Å². The predicted octanol–water partition coefficient (Wildman–Crippen LogP) is 4.86. The number of H-pyrrole nitrogens is 1. The van der Waals surface area contributed by atoms with Crippen LogP contribution in [-0.4, -0.2) is 10.9 Å². The number of aromatic nitrogens is 1. The highest BCUT2D eigenvalue weighted by Gasteiger charge is 2.07. The van der Waals surface area contributed by atoms with Crippen LogP contribution in [-0.2, 0) is 0 Å². The monoisotopic (exact) mass is 320 g/mol. The fourth-order valence-corrected chi connectivity index (χ4v) is 3.20. The number of carbonyl (C=O) groups excluding carboxylic acids is 1. The Morgan fingerprint density at radius 3 is 2.90 bits per heavy atom. The molecule has 3 aromatic rings. The van der Waals surface area contributed by atoms with Crippen LogP contribution in [0.25, 0.3) is 10.2 Å². The van der Waals surface area contributed by atoms with Crippen LogP contribution in [0.15, 0.2) is 42.5 Å². The number of benzene rings is 2. The van der Waals surface area contributed by atoms with Gasteiger partial charge in [0.2, 0.25) is 0 Å². The normalized spacial score (nSPS) is 10.7. The second-order valence-electron chi connectivity index (χ2n) is 4.19. The lowest BCUT2D eigenvalue weighted by Crippen LogP contribution is -2.11. The average Bonchev–Trinajstić information content (AvgIpc) is 2.78. The van der Waals surface area contributed by atoms with Gasteiger partial charge in [-0.2, -0.15) is 0 Å². The molecule has 0 aliphatic heterocycles. The molecule has 0 saturated carbocycles. The van der Waals surface area contributed by atoms with E-state index < -0.39 is 0 Å². The van der Waals surface area contributed by atoms with Gasteiger partial charge in [0.1, 0.15) is 0 Å². The first-order chi connectivity index (χ1) is 9.61. The number of aromatic amines is 1. The number of fused-ring (bicyclic) bond motifs is 1. The Labute approximate surface area is 129 Å². The number of amides is 1. The van der Waals surface area contributed by atoms with Gasteiger partial charge < -0.3 is 10.3 Å². The lowest BCUT2D eigenvalue weighted by Gasteiger charge is -2.05. The number of hydrogen-bond acceptors (Lipinski definition) is 3. The zero-order valence-electron chi connectivity index (χ0n) is 10.1. The van der Waals surface area contributed by atoms with Crippen LogP contribution in [0.4, 0.5) is 5.69 Å². The number of carbonyl (C=O) groups is 1. The fourth-order valence-electron chi connectivity index (χ4n) is 1.86. The Morgan fingerprint density at radius 1 is 1.25 bits per heavy atom. The third-order valence-corrected chi connectivity index (χ3v) is 4.20. The maximum absolute atomic E-state index is 12.1. The van der Waals surface area contributed by atoms with Gasteiger partial charge >= 0.3 is 0 Å². The van der Waals surface area contributed by atoms with Crippen molar-refractivity contribution in [3.8, 4) is 0 Å². The van der Waals surface area contributed by atoms with Gasteiger partial charge in [-0.25, -0.2) is 0 Å². The molecule has 3 rings (SSSR count). The Balaban J connectivity index is 1.88. The highest BCUT2D eigenvalue weighted by Crippen LogP contribution is 2.23. The lowest BCUT2D eigenvalue weighted by molar-refractivity contribution is 0.102. The molecule has 100 valence electrons. The maximum atomic E-state index is 12.1. The Bertz CT molecular complexity index is 854. The SMILES string of the molecule is O=C(Nc1ccc2[nH]c(=S)sc2c1)c1cccc(Cl)c1. The Morgan fingerprint density at radius 2 is 2.10 bits per heavy atom. The minimum absolute atomic E-state index is 0.189. The fraction of sp³-hybridized carbons (Fsp3) is 0. The van der Waals surface area contributed by atoms with Crippen molar-refractivity contribution >= 4 is 57.0 Å². The molecule has 0 aliphatic rings. The van der Waals surface area contributed by atoms with E-state index in [1.165, 1.54) is 11.3 Å². The van der Waals surface area contributed by atoms with Gasteiger partial charge in [0, 0.05) is 16.3 Å². The van der Waals surface area contributed by atoms with Crippen molar-refractivity contribution in [3.63, 3.8) is 0 Å². The zero-order chi connectivity index (χ0) is 14.1. The minimum atomic E-state index is -0.189. The largest absolute Gasteiger partial charge is 0.337 e. The van der Waals surface area contributed by atoms with Crippen LogP contribution in [0.2, 0.25) is 5.02 Å². The first-order valence-corrected chi connectivity index (χ1v) is 7.42. The van der Waals surface area contributed by atoms with Crippen LogP contribution in [0.1, 0.15) is 10.4 Å². The maximum Gasteiger partial charge on any atom is 0.255 e. The first-order valence-electron chi connectivity index (χ1n) is 5.81. The van der Waals surface area contributed by atoms with Crippen molar-refractivity contribution in [2.24, 2.45) is 0 Å². The number of nitrogens with one attached hydrogen (secondary N) is 2. The second-order valence-corrected chi connectivity index (χ2v) is 6.35. The van der Waals surface area contributed by atoms with Crippen LogP contribution in [0.3, 0.4) is 0 Å². The molecular formula is C14H9ClN2OS2. The van der Waals surface area contributed by atoms with E-state index in [0.717, 1.165) is 19.9 Å². The number of hydrogen-bond donors (Lipinski definition) is 2. The van der Waals surface area contributed by atoms with Gasteiger partial charge in [-0.15, -0.1) is 11.3 Å². The molecule has 2 N–H and O–H groups in total. The summed E-state index contributed by atoms with van der Waals surface area (Å²) >= 11 is 12.5. The van der Waals surface area contributed by atoms with Crippen molar-refractivity contribution in [1.82, 2.24) is 4.98 Å². The summed E-state index contributed by atoms with van der Waals surface area (Å²) in [5, 5.41) is 3.39. The molecule has 2 aromatic carbocycles. The van der Waals surface area contributed by atoms with E-state index in [9.17, 15) is 4.79 Å². The van der Waals surface area contributed by atoms with Crippen LogP contribution in [0.5, 0.6) is 0 Å². The molecule has 0 bridgehead atoms. The molecule has 20 heavy (non-hydrogen) atoms. The third kappa shape index (κ3) is 2.75. The minimum Gasteiger partial charge on any atom is -0.337 e. The van der Waals surface area contributed by atoms with E-state index in [4.69, 9.17) is 23.8 Å². The van der Waals surface area contributed by atoms with Crippen molar-refractivity contribution in [3.05, 3.63) is 57.0 Å². The van der Waals surface area contributed by atoms with Crippen LogP contribution in [0, 0.1) is 3.95 Å². The summed E-state index contributed by atoms with van der Waals surface area (Å²) in [7, 11) is 0. The van der Waals surface area contributed by atoms with Gasteiger partial charge in [0.05, 0.1) is 10.2 Å². The number of anilines is 1. The lowest BCUT2D eigenvalue weighted by atomic mass is 10.2. The van der Waals surface area contributed by atoms with E-state index in [-0.39, 0.29) is 5.91 Å². The molecule has 1 aromatic heterocycles. The molecule has 0 spiro atoms. The zero-order valence-corrected chi connectivity index (χ0v) is 12.5. The van der Waals surface area contributed by atoms with Gasteiger partial charge in [0.25, 0.3) is 5.91 Å². The molecule has 6 heteroatoms. The van der Waals surface area contributed by atoms with E-state index in [0.29, 0.717) is 10.6 Å². The molecule has 0 saturated heterocycles. The molecule has 0 aliphatic carbocycles. The van der Waals surface area contributed by atoms with Crippen molar-refractivity contribution in [1.29, 1.82) is 0 Å². The summed E-state index contributed by atoms with van der Waals surface area (Å²) in [6.45, 7) is 0. The smallest absolute Gasteiger partial charge is 0.255 e. The molecular weight excluding hydrogens is 312 g/mol. The number of rotatable bonds is 2. The van der Waals surface area contributed by atoms with Crippen molar-refractivity contribution < 1.29 is 4.79 Å². The molecule has 0 fully saturated rings. The average molecular weight is 321 g/mol. The van der Waals surface area contributed by atoms with Crippen molar-refractivity contribution in [2.75, 3.05) is 5.32 Å². The topological polar surface area (TPSA) is 44.9 Å². The Kier molecular flexibility index (Phi) is 3.56. The Hall–Kier alpha value is -1.69. The van der Waals surface area contributed by atoms with Gasteiger partial charge in [-0.05, 0) is 48.6 Å². The summed E-state index contributed by atoms with van der Waals surface area (Å²) in [5.74, 6) is -0.189.